The molecule has 3 nitrogen and oxygen atoms in total. The zero-order valence-corrected chi connectivity index (χ0v) is 9.67. The van der Waals surface area contributed by atoms with E-state index in [2.05, 4.69) is 11.9 Å². The predicted molar refractivity (Wildman–Crippen MR) is 59.5 cm³/mol. The molecular formula is C11H25NO2. The van der Waals surface area contributed by atoms with Crippen molar-refractivity contribution in [3.8, 4) is 0 Å². The summed E-state index contributed by atoms with van der Waals surface area (Å²) in [6.45, 7) is 6.16. The first-order chi connectivity index (χ1) is 6.81. The van der Waals surface area contributed by atoms with Crippen molar-refractivity contribution in [3.63, 3.8) is 0 Å². The number of aliphatic hydroxyl groups is 1. The van der Waals surface area contributed by atoms with Crippen LogP contribution in [-0.4, -0.2) is 50.0 Å². The van der Waals surface area contributed by atoms with Crippen LogP contribution in [0.25, 0.3) is 0 Å². The van der Waals surface area contributed by atoms with Crippen LogP contribution in [0.1, 0.15) is 32.6 Å². The molecule has 0 bridgehead atoms. The van der Waals surface area contributed by atoms with E-state index in [1.54, 1.807) is 0 Å². The normalized spacial score (nSPS) is 11.1. The largest absolute Gasteiger partial charge is 0.396 e. The van der Waals surface area contributed by atoms with Gasteiger partial charge in [-0.05, 0) is 33.4 Å². The van der Waals surface area contributed by atoms with E-state index in [9.17, 15) is 0 Å². The summed E-state index contributed by atoms with van der Waals surface area (Å²) >= 11 is 0. The van der Waals surface area contributed by atoms with E-state index in [0.717, 1.165) is 39.1 Å². The number of ether oxygens (including phenoxy) is 1. The minimum absolute atomic E-state index is 0.334. The van der Waals surface area contributed by atoms with Gasteiger partial charge in [0.1, 0.15) is 0 Å². The molecule has 0 aliphatic heterocycles. The number of hydrogen-bond acceptors (Lipinski definition) is 3. The molecule has 1 N–H and O–H groups in total. The summed E-state index contributed by atoms with van der Waals surface area (Å²) in [5.41, 5.74) is 0. The molecule has 0 aliphatic rings. The number of rotatable bonds is 10. The lowest BCUT2D eigenvalue weighted by Crippen LogP contribution is -2.24. The number of aliphatic hydroxyl groups excluding tert-OH is 1. The molecule has 0 aliphatic carbocycles. The Kier molecular flexibility index (Phi) is 10.9. The van der Waals surface area contributed by atoms with Crippen molar-refractivity contribution in [2.75, 3.05) is 40.0 Å². The molecular weight excluding hydrogens is 178 g/mol. The van der Waals surface area contributed by atoms with Crippen molar-refractivity contribution in [1.82, 2.24) is 4.90 Å². The van der Waals surface area contributed by atoms with E-state index < -0.39 is 0 Å². The Morgan fingerprint density at radius 2 is 1.79 bits per heavy atom. The molecule has 0 radical (unpaired) electrons. The van der Waals surface area contributed by atoms with Gasteiger partial charge in [0, 0.05) is 19.8 Å². The van der Waals surface area contributed by atoms with Gasteiger partial charge in [-0.15, -0.1) is 0 Å². The van der Waals surface area contributed by atoms with Gasteiger partial charge in [-0.3, -0.25) is 0 Å². The van der Waals surface area contributed by atoms with Crippen LogP contribution >= 0.6 is 0 Å². The van der Waals surface area contributed by atoms with Gasteiger partial charge in [-0.2, -0.15) is 0 Å². The lowest BCUT2D eigenvalue weighted by Gasteiger charge is -2.15. The highest BCUT2D eigenvalue weighted by Gasteiger charge is 1.97. The Morgan fingerprint density at radius 3 is 2.43 bits per heavy atom. The van der Waals surface area contributed by atoms with Gasteiger partial charge in [0.05, 0.1) is 6.61 Å². The summed E-state index contributed by atoms with van der Waals surface area (Å²) in [5.74, 6) is 0. The Balaban J connectivity index is 3.06. The molecule has 0 saturated carbocycles. The Bertz CT molecular complexity index is 109. The highest BCUT2D eigenvalue weighted by molar-refractivity contribution is 4.51. The smallest absolute Gasteiger partial charge is 0.0593 e. The summed E-state index contributed by atoms with van der Waals surface area (Å²) in [7, 11) is 2.13. The Hall–Kier alpha value is -0.120. The first-order valence-corrected chi connectivity index (χ1v) is 5.68. The van der Waals surface area contributed by atoms with E-state index in [4.69, 9.17) is 9.84 Å². The molecule has 0 heterocycles. The summed E-state index contributed by atoms with van der Waals surface area (Å²) < 4.78 is 5.27. The first-order valence-electron chi connectivity index (χ1n) is 5.68. The van der Waals surface area contributed by atoms with Gasteiger partial charge in [0.25, 0.3) is 0 Å². The van der Waals surface area contributed by atoms with E-state index in [-0.39, 0.29) is 0 Å². The van der Waals surface area contributed by atoms with Gasteiger partial charge in [0.15, 0.2) is 0 Å². The van der Waals surface area contributed by atoms with Gasteiger partial charge in [-0.25, -0.2) is 0 Å². The molecule has 0 saturated heterocycles. The SMILES string of the molecule is CCOCCN(C)CCCCCCO. The topological polar surface area (TPSA) is 32.7 Å². The van der Waals surface area contributed by atoms with Crippen molar-refractivity contribution < 1.29 is 9.84 Å². The number of hydrogen-bond donors (Lipinski definition) is 1. The minimum Gasteiger partial charge on any atom is -0.396 e. The molecule has 0 aromatic rings. The first kappa shape index (κ1) is 13.9. The van der Waals surface area contributed by atoms with E-state index in [1.165, 1.54) is 12.8 Å². The Labute approximate surface area is 88.1 Å². The van der Waals surface area contributed by atoms with E-state index in [0.29, 0.717) is 6.61 Å². The van der Waals surface area contributed by atoms with Gasteiger partial charge in [0.2, 0.25) is 0 Å². The minimum atomic E-state index is 0.334. The summed E-state index contributed by atoms with van der Waals surface area (Å²) in [6.07, 6.45) is 4.54. The van der Waals surface area contributed by atoms with Crippen LogP contribution in [-0.2, 0) is 4.74 Å². The maximum atomic E-state index is 8.59. The fourth-order valence-corrected chi connectivity index (χ4v) is 1.32. The zero-order chi connectivity index (χ0) is 10.6. The highest BCUT2D eigenvalue weighted by Crippen LogP contribution is 2.00. The fourth-order valence-electron chi connectivity index (χ4n) is 1.32. The molecule has 14 heavy (non-hydrogen) atoms. The number of unbranched alkanes of at least 4 members (excludes halogenated alkanes) is 3. The van der Waals surface area contributed by atoms with E-state index in [1.807, 2.05) is 6.92 Å². The molecule has 0 aromatic heterocycles. The molecule has 0 unspecified atom stereocenters. The van der Waals surface area contributed by atoms with Crippen molar-refractivity contribution in [3.05, 3.63) is 0 Å². The summed E-state index contributed by atoms with van der Waals surface area (Å²) in [4.78, 5) is 2.30. The molecule has 0 amide bonds. The predicted octanol–water partition coefficient (Wildman–Crippen LogP) is 1.51. The monoisotopic (exact) mass is 203 g/mol. The number of likely N-dealkylation sites (N-methyl/N-ethyl adjacent to an activating group) is 1. The summed E-state index contributed by atoms with van der Waals surface area (Å²) in [5, 5.41) is 8.59. The zero-order valence-electron chi connectivity index (χ0n) is 9.67. The molecule has 0 atom stereocenters. The van der Waals surface area contributed by atoms with Gasteiger partial charge >= 0.3 is 0 Å². The third kappa shape index (κ3) is 9.96. The van der Waals surface area contributed by atoms with Crippen molar-refractivity contribution in [2.24, 2.45) is 0 Å². The van der Waals surface area contributed by atoms with Gasteiger partial charge < -0.3 is 14.7 Å². The molecule has 0 spiro atoms. The highest BCUT2D eigenvalue weighted by atomic mass is 16.5. The maximum absolute atomic E-state index is 8.59. The average molecular weight is 203 g/mol. The third-order valence-corrected chi connectivity index (χ3v) is 2.27. The van der Waals surface area contributed by atoms with Crippen LogP contribution < -0.4 is 0 Å². The standard InChI is InChI=1S/C11H25NO2/c1-3-14-11-9-12(2)8-6-4-5-7-10-13/h13H,3-11H2,1-2H3. The van der Waals surface area contributed by atoms with Crippen LogP contribution in [0.2, 0.25) is 0 Å². The molecule has 0 fully saturated rings. The quantitative estimate of drug-likeness (QED) is 0.546. The summed E-state index contributed by atoms with van der Waals surface area (Å²) in [6, 6.07) is 0. The van der Waals surface area contributed by atoms with Crippen molar-refractivity contribution in [1.29, 1.82) is 0 Å². The lowest BCUT2D eigenvalue weighted by molar-refractivity contribution is 0.121. The fraction of sp³-hybridized carbons (Fsp3) is 1.00. The van der Waals surface area contributed by atoms with Crippen LogP contribution in [0.4, 0.5) is 0 Å². The second kappa shape index (κ2) is 11.0. The van der Waals surface area contributed by atoms with Crippen LogP contribution in [0.3, 0.4) is 0 Å². The molecule has 3 heteroatoms. The van der Waals surface area contributed by atoms with Crippen molar-refractivity contribution >= 4 is 0 Å². The average Bonchev–Trinajstić information content (AvgIpc) is 2.18. The maximum Gasteiger partial charge on any atom is 0.0593 e. The van der Waals surface area contributed by atoms with Crippen LogP contribution in [0.15, 0.2) is 0 Å². The van der Waals surface area contributed by atoms with Crippen LogP contribution in [0, 0.1) is 0 Å². The molecule has 86 valence electrons. The Morgan fingerprint density at radius 1 is 1.07 bits per heavy atom. The molecule has 0 aromatic carbocycles. The molecule has 0 rings (SSSR count). The van der Waals surface area contributed by atoms with E-state index >= 15 is 0 Å². The lowest BCUT2D eigenvalue weighted by atomic mass is 10.2. The van der Waals surface area contributed by atoms with Crippen LogP contribution in [0.5, 0.6) is 0 Å². The third-order valence-electron chi connectivity index (χ3n) is 2.27. The second-order valence-electron chi connectivity index (χ2n) is 3.64. The van der Waals surface area contributed by atoms with Gasteiger partial charge in [-0.1, -0.05) is 12.8 Å². The van der Waals surface area contributed by atoms with Crippen molar-refractivity contribution in [2.45, 2.75) is 32.6 Å². The second-order valence-corrected chi connectivity index (χ2v) is 3.64. The number of nitrogens with zero attached hydrogens (tertiary/aromatic N) is 1.